The predicted molar refractivity (Wildman–Crippen MR) is 58.5 cm³/mol. The quantitative estimate of drug-likeness (QED) is 0.766. The highest BCUT2D eigenvalue weighted by molar-refractivity contribution is 5.28. The first-order valence-corrected chi connectivity index (χ1v) is 5.53. The van der Waals surface area contributed by atoms with Crippen LogP contribution in [0.1, 0.15) is 30.4 Å². The molecule has 3 heteroatoms. The highest BCUT2D eigenvalue weighted by Gasteiger charge is 2.33. The molecule has 0 radical (unpaired) electrons. The van der Waals surface area contributed by atoms with Crippen LogP contribution in [0.4, 0.5) is 4.39 Å². The average Bonchev–Trinajstić information content (AvgIpc) is 2.44. The van der Waals surface area contributed by atoms with Crippen LogP contribution in [-0.4, -0.2) is 18.1 Å². The fraction of sp³-hybridized carbons (Fsp3) is 0.583. The maximum absolute atomic E-state index is 14.7. The maximum atomic E-state index is 14.7. The molecule has 1 saturated heterocycles. The van der Waals surface area contributed by atoms with E-state index in [1.165, 1.54) is 0 Å². The van der Waals surface area contributed by atoms with Gasteiger partial charge in [0.15, 0.2) is 0 Å². The minimum atomic E-state index is -1.18. The number of aromatic nitrogens is 1. The summed E-state index contributed by atoms with van der Waals surface area (Å²) in [5, 5.41) is 3.23. The molecule has 2 rings (SSSR count). The average molecular weight is 208 g/mol. The molecule has 2 nitrogen and oxygen atoms in total. The Balaban J connectivity index is 2.30. The van der Waals surface area contributed by atoms with E-state index < -0.39 is 5.67 Å². The molecule has 1 aromatic heterocycles. The number of aryl methyl sites for hydroxylation is 1. The lowest BCUT2D eigenvalue weighted by atomic mass is 9.87. The van der Waals surface area contributed by atoms with Crippen molar-refractivity contribution in [2.24, 2.45) is 0 Å². The lowest BCUT2D eigenvalue weighted by Crippen LogP contribution is -2.23. The van der Waals surface area contributed by atoms with Crippen molar-refractivity contribution >= 4 is 0 Å². The fourth-order valence-corrected chi connectivity index (χ4v) is 2.23. The molecule has 0 saturated carbocycles. The van der Waals surface area contributed by atoms with Crippen LogP contribution in [0.15, 0.2) is 18.5 Å². The van der Waals surface area contributed by atoms with Gasteiger partial charge in [-0.1, -0.05) is 0 Å². The van der Waals surface area contributed by atoms with Gasteiger partial charge in [0.05, 0.1) is 0 Å². The van der Waals surface area contributed by atoms with Crippen LogP contribution in [-0.2, 0) is 5.67 Å². The van der Waals surface area contributed by atoms with Gasteiger partial charge in [0.25, 0.3) is 0 Å². The molecule has 1 aliphatic heterocycles. The zero-order valence-electron chi connectivity index (χ0n) is 9.09. The monoisotopic (exact) mass is 208 g/mol. The summed E-state index contributed by atoms with van der Waals surface area (Å²) in [6.45, 7) is 3.63. The van der Waals surface area contributed by atoms with E-state index in [2.05, 4.69) is 10.3 Å². The summed E-state index contributed by atoms with van der Waals surface area (Å²) < 4.78 is 14.7. The van der Waals surface area contributed by atoms with Gasteiger partial charge in [-0.15, -0.1) is 0 Å². The summed E-state index contributed by atoms with van der Waals surface area (Å²) in [7, 11) is 0. The van der Waals surface area contributed by atoms with Gasteiger partial charge >= 0.3 is 0 Å². The molecule has 2 heterocycles. The van der Waals surface area contributed by atoms with Gasteiger partial charge in [-0.05, 0) is 50.9 Å². The summed E-state index contributed by atoms with van der Waals surface area (Å²) in [6, 6.07) is 1.88. The van der Waals surface area contributed by atoms with E-state index in [1.807, 2.05) is 13.0 Å². The van der Waals surface area contributed by atoms with Gasteiger partial charge < -0.3 is 5.32 Å². The molecule has 1 aliphatic rings. The first kappa shape index (κ1) is 10.6. The molecule has 0 amide bonds. The molecule has 1 fully saturated rings. The number of nitrogens with one attached hydrogen (secondary N) is 1. The summed E-state index contributed by atoms with van der Waals surface area (Å²) in [6.07, 6.45) is 5.45. The largest absolute Gasteiger partial charge is 0.317 e. The van der Waals surface area contributed by atoms with Gasteiger partial charge in [-0.3, -0.25) is 4.98 Å². The summed E-state index contributed by atoms with van der Waals surface area (Å²) >= 11 is 0. The molecule has 0 aromatic carbocycles. The minimum Gasteiger partial charge on any atom is -0.317 e. The second-order valence-corrected chi connectivity index (χ2v) is 4.26. The van der Waals surface area contributed by atoms with E-state index in [-0.39, 0.29) is 0 Å². The second kappa shape index (κ2) is 4.27. The van der Waals surface area contributed by atoms with Crippen molar-refractivity contribution in [1.82, 2.24) is 10.3 Å². The first-order chi connectivity index (χ1) is 7.22. The number of nitrogens with zero attached hydrogens (tertiary/aromatic N) is 1. The molecule has 1 N–H and O–H groups in total. The zero-order chi connectivity index (χ0) is 10.7. The summed E-state index contributed by atoms with van der Waals surface area (Å²) in [5.41, 5.74) is 0.602. The van der Waals surface area contributed by atoms with Crippen LogP contribution < -0.4 is 5.32 Å². The molecule has 0 bridgehead atoms. The highest BCUT2D eigenvalue weighted by atomic mass is 19.1. The number of hydrogen-bond acceptors (Lipinski definition) is 2. The smallest absolute Gasteiger partial charge is 0.139 e. The molecular formula is C12H17FN2. The third kappa shape index (κ3) is 2.17. The first-order valence-electron chi connectivity index (χ1n) is 5.53. The predicted octanol–water partition coefficient (Wildman–Crippen LogP) is 2.33. The zero-order valence-corrected chi connectivity index (χ0v) is 9.09. The minimum absolute atomic E-state index is 0.555. The number of hydrogen-bond donors (Lipinski definition) is 1. The van der Waals surface area contributed by atoms with E-state index in [0.717, 1.165) is 30.6 Å². The van der Waals surface area contributed by atoms with E-state index in [0.29, 0.717) is 12.8 Å². The second-order valence-electron chi connectivity index (χ2n) is 4.26. The Hall–Kier alpha value is -0.960. The van der Waals surface area contributed by atoms with Crippen molar-refractivity contribution in [1.29, 1.82) is 0 Å². The lowest BCUT2D eigenvalue weighted by molar-refractivity contribution is 0.143. The van der Waals surface area contributed by atoms with Crippen molar-refractivity contribution in [2.75, 3.05) is 13.1 Å². The van der Waals surface area contributed by atoms with Crippen LogP contribution in [0.2, 0.25) is 0 Å². The molecule has 0 spiro atoms. The molecular weight excluding hydrogens is 191 g/mol. The van der Waals surface area contributed by atoms with Gasteiger partial charge in [0, 0.05) is 18.0 Å². The molecule has 15 heavy (non-hydrogen) atoms. The molecule has 82 valence electrons. The third-order valence-electron chi connectivity index (χ3n) is 3.15. The Morgan fingerprint density at radius 1 is 1.40 bits per heavy atom. The number of halogens is 1. The van der Waals surface area contributed by atoms with Gasteiger partial charge in [0.1, 0.15) is 5.67 Å². The molecule has 1 aromatic rings. The standard InChI is InChI=1S/C12H17FN2/c1-10-3-7-15-9-11(10)12(13)4-2-6-14-8-5-12/h3,7,9,14H,2,4-6,8H2,1H3. The SMILES string of the molecule is Cc1ccncc1C1(F)CCCNCC1. The Labute approximate surface area is 89.9 Å². The van der Waals surface area contributed by atoms with Gasteiger partial charge in [0.2, 0.25) is 0 Å². The topological polar surface area (TPSA) is 24.9 Å². The van der Waals surface area contributed by atoms with Gasteiger partial charge in [-0.2, -0.15) is 0 Å². The third-order valence-corrected chi connectivity index (χ3v) is 3.15. The fourth-order valence-electron chi connectivity index (χ4n) is 2.23. The number of pyridine rings is 1. The number of rotatable bonds is 1. The van der Waals surface area contributed by atoms with Crippen LogP contribution in [0.3, 0.4) is 0 Å². The van der Waals surface area contributed by atoms with Crippen molar-refractivity contribution < 1.29 is 4.39 Å². The van der Waals surface area contributed by atoms with Crippen LogP contribution in [0.25, 0.3) is 0 Å². The van der Waals surface area contributed by atoms with Crippen molar-refractivity contribution in [3.63, 3.8) is 0 Å². The van der Waals surface area contributed by atoms with Crippen molar-refractivity contribution in [2.45, 2.75) is 31.9 Å². The normalized spacial score (nSPS) is 27.3. The Bertz CT molecular complexity index is 330. The molecule has 0 aliphatic carbocycles. The van der Waals surface area contributed by atoms with E-state index in [9.17, 15) is 4.39 Å². The maximum Gasteiger partial charge on any atom is 0.139 e. The highest BCUT2D eigenvalue weighted by Crippen LogP contribution is 2.36. The Morgan fingerprint density at radius 2 is 2.27 bits per heavy atom. The van der Waals surface area contributed by atoms with Gasteiger partial charge in [-0.25, -0.2) is 4.39 Å². The summed E-state index contributed by atoms with van der Waals surface area (Å²) in [4.78, 5) is 4.04. The number of alkyl halides is 1. The molecule has 1 unspecified atom stereocenters. The summed E-state index contributed by atoms with van der Waals surface area (Å²) in [5.74, 6) is 0. The van der Waals surface area contributed by atoms with Crippen LogP contribution in [0.5, 0.6) is 0 Å². The Morgan fingerprint density at radius 3 is 3.07 bits per heavy atom. The van der Waals surface area contributed by atoms with Crippen molar-refractivity contribution in [3.8, 4) is 0 Å². The van der Waals surface area contributed by atoms with Crippen LogP contribution >= 0.6 is 0 Å². The van der Waals surface area contributed by atoms with E-state index >= 15 is 0 Å². The lowest BCUT2D eigenvalue weighted by Gasteiger charge is -2.25. The van der Waals surface area contributed by atoms with Crippen LogP contribution in [0, 0.1) is 6.92 Å². The van der Waals surface area contributed by atoms with E-state index in [1.54, 1.807) is 12.4 Å². The van der Waals surface area contributed by atoms with E-state index in [4.69, 9.17) is 0 Å². The van der Waals surface area contributed by atoms with Crippen molar-refractivity contribution in [3.05, 3.63) is 29.6 Å². The Kier molecular flexibility index (Phi) is 3.00. The molecule has 1 atom stereocenters.